The molecule has 0 heterocycles. The van der Waals surface area contributed by atoms with Gasteiger partial charge in [-0.1, -0.05) is 12.1 Å². The smallest absolute Gasteiger partial charge is 0.337 e. The molecule has 0 fully saturated rings. The normalized spacial score (nSPS) is 9.96. The van der Waals surface area contributed by atoms with Crippen LogP contribution >= 0.6 is 0 Å². The molecule has 25 heavy (non-hydrogen) atoms. The summed E-state index contributed by atoms with van der Waals surface area (Å²) in [6, 6.07) is 12.6. The van der Waals surface area contributed by atoms with E-state index in [9.17, 15) is 19.5 Å². The molecule has 0 unspecified atom stereocenters. The largest absolute Gasteiger partial charge is 0.508 e. The Balaban J connectivity index is 1.80. The molecular formula is C18H18N2O5. The number of benzene rings is 2. The first kappa shape index (κ1) is 18.0. The molecule has 0 atom stereocenters. The van der Waals surface area contributed by atoms with Crippen molar-refractivity contribution in [1.82, 2.24) is 5.32 Å². The summed E-state index contributed by atoms with van der Waals surface area (Å²) in [5.74, 6) is -1.86. The van der Waals surface area contributed by atoms with Crippen molar-refractivity contribution in [3.63, 3.8) is 0 Å². The molecule has 7 heteroatoms. The number of anilines is 1. The highest BCUT2D eigenvalue weighted by Gasteiger charge is 2.13. The molecule has 3 N–H and O–H groups in total. The lowest BCUT2D eigenvalue weighted by atomic mass is 10.1. The van der Waals surface area contributed by atoms with Crippen LogP contribution in [0.1, 0.15) is 15.9 Å². The van der Waals surface area contributed by atoms with Gasteiger partial charge in [0.05, 0.1) is 12.7 Å². The van der Waals surface area contributed by atoms with Crippen molar-refractivity contribution >= 4 is 23.5 Å². The topological polar surface area (TPSA) is 105 Å². The molecule has 0 aliphatic heterocycles. The fraction of sp³-hybridized carbons (Fsp3) is 0.167. The Morgan fingerprint density at radius 1 is 0.960 bits per heavy atom. The van der Waals surface area contributed by atoms with Crippen LogP contribution < -0.4 is 10.6 Å². The Kier molecular flexibility index (Phi) is 6.11. The second-order valence-corrected chi connectivity index (χ2v) is 5.20. The van der Waals surface area contributed by atoms with Gasteiger partial charge in [0, 0.05) is 12.2 Å². The highest BCUT2D eigenvalue weighted by Crippen LogP contribution is 2.11. The minimum atomic E-state index is -0.795. The van der Waals surface area contributed by atoms with Crippen molar-refractivity contribution < 1.29 is 24.2 Å². The number of rotatable bonds is 5. The number of carbonyl (C=O) groups excluding carboxylic acids is 3. The molecule has 7 nitrogen and oxygen atoms in total. The molecule has 0 spiro atoms. The number of phenols is 1. The van der Waals surface area contributed by atoms with Gasteiger partial charge in [0.2, 0.25) is 0 Å². The summed E-state index contributed by atoms with van der Waals surface area (Å²) in [5.41, 5.74) is 1.67. The van der Waals surface area contributed by atoms with Gasteiger partial charge in [0.1, 0.15) is 5.75 Å². The molecule has 2 rings (SSSR count). The summed E-state index contributed by atoms with van der Waals surface area (Å²) in [7, 11) is 1.28. The van der Waals surface area contributed by atoms with Crippen molar-refractivity contribution in [3.05, 3.63) is 59.7 Å². The summed E-state index contributed by atoms with van der Waals surface area (Å²) in [4.78, 5) is 34.9. The van der Waals surface area contributed by atoms with E-state index >= 15 is 0 Å². The van der Waals surface area contributed by atoms with Crippen molar-refractivity contribution in [3.8, 4) is 5.75 Å². The maximum Gasteiger partial charge on any atom is 0.337 e. The molecule has 0 saturated carbocycles. The number of hydrogen-bond acceptors (Lipinski definition) is 5. The monoisotopic (exact) mass is 342 g/mol. The maximum absolute atomic E-state index is 11.8. The van der Waals surface area contributed by atoms with Crippen molar-refractivity contribution in [2.75, 3.05) is 19.0 Å². The molecule has 0 aliphatic carbocycles. The van der Waals surface area contributed by atoms with E-state index in [1.54, 1.807) is 24.3 Å². The predicted molar refractivity (Wildman–Crippen MR) is 91.2 cm³/mol. The zero-order valence-electron chi connectivity index (χ0n) is 13.6. The van der Waals surface area contributed by atoms with Gasteiger partial charge in [-0.2, -0.15) is 0 Å². The van der Waals surface area contributed by atoms with Gasteiger partial charge in [0.25, 0.3) is 0 Å². The van der Waals surface area contributed by atoms with Crippen LogP contribution in [0.25, 0.3) is 0 Å². The minimum Gasteiger partial charge on any atom is -0.508 e. The maximum atomic E-state index is 11.8. The van der Waals surface area contributed by atoms with E-state index in [1.807, 2.05) is 0 Å². The van der Waals surface area contributed by atoms with Crippen LogP contribution in [0.15, 0.2) is 48.5 Å². The molecule has 2 aromatic rings. The number of aromatic hydroxyl groups is 1. The van der Waals surface area contributed by atoms with E-state index in [0.29, 0.717) is 17.7 Å². The third-order valence-electron chi connectivity index (χ3n) is 3.41. The quantitative estimate of drug-likeness (QED) is 0.564. The Labute approximate surface area is 144 Å². The number of esters is 1. The highest BCUT2D eigenvalue weighted by atomic mass is 16.5. The molecule has 2 aromatic carbocycles. The second-order valence-electron chi connectivity index (χ2n) is 5.20. The fourth-order valence-electron chi connectivity index (χ4n) is 2.06. The number of carbonyl (C=O) groups is 3. The van der Waals surface area contributed by atoms with Gasteiger partial charge in [0.15, 0.2) is 0 Å². The summed E-state index contributed by atoms with van der Waals surface area (Å²) < 4.78 is 4.58. The van der Waals surface area contributed by atoms with Crippen LogP contribution in [0.2, 0.25) is 0 Å². The van der Waals surface area contributed by atoms with Crippen LogP contribution in [0.4, 0.5) is 5.69 Å². The first-order valence-corrected chi connectivity index (χ1v) is 7.55. The molecule has 0 radical (unpaired) electrons. The lowest BCUT2D eigenvalue weighted by Gasteiger charge is -2.07. The Bertz CT molecular complexity index is 754. The number of amides is 2. The van der Waals surface area contributed by atoms with Crippen molar-refractivity contribution in [2.45, 2.75) is 6.42 Å². The standard InChI is InChI=1S/C18H18N2O5/c1-25-18(24)13-4-6-14(7-5-13)20-17(23)16(22)19-11-10-12-2-8-15(21)9-3-12/h2-9,21H,10-11H2,1H3,(H,19,22)(H,20,23). The molecule has 0 aromatic heterocycles. The number of hydrogen-bond donors (Lipinski definition) is 3. The van der Waals surface area contributed by atoms with Crippen LogP contribution in [-0.4, -0.2) is 36.5 Å². The average Bonchev–Trinajstić information content (AvgIpc) is 2.63. The molecule has 0 aliphatic rings. The van der Waals surface area contributed by atoms with Crippen LogP contribution in [0, 0.1) is 0 Å². The van der Waals surface area contributed by atoms with Crippen LogP contribution in [-0.2, 0) is 20.7 Å². The van der Waals surface area contributed by atoms with Crippen LogP contribution in [0.5, 0.6) is 5.75 Å². The third-order valence-corrected chi connectivity index (χ3v) is 3.41. The Morgan fingerprint density at radius 3 is 2.20 bits per heavy atom. The van der Waals surface area contributed by atoms with E-state index in [-0.39, 0.29) is 12.3 Å². The van der Waals surface area contributed by atoms with Gasteiger partial charge in [-0.15, -0.1) is 0 Å². The summed E-state index contributed by atoms with van der Waals surface area (Å²) in [5, 5.41) is 14.2. The van der Waals surface area contributed by atoms with Gasteiger partial charge in [-0.25, -0.2) is 4.79 Å². The molecule has 0 saturated heterocycles. The Morgan fingerprint density at radius 2 is 1.60 bits per heavy atom. The van der Waals surface area contributed by atoms with E-state index in [1.165, 1.54) is 31.4 Å². The first-order chi connectivity index (χ1) is 12.0. The molecular weight excluding hydrogens is 324 g/mol. The lowest BCUT2D eigenvalue weighted by molar-refractivity contribution is -0.136. The second kappa shape index (κ2) is 8.49. The van der Waals surface area contributed by atoms with Gasteiger partial charge >= 0.3 is 17.8 Å². The fourth-order valence-corrected chi connectivity index (χ4v) is 2.06. The number of methoxy groups -OCH3 is 1. The van der Waals surface area contributed by atoms with E-state index in [0.717, 1.165) is 5.56 Å². The SMILES string of the molecule is COC(=O)c1ccc(NC(=O)C(=O)NCCc2ccc(O)cc2)cc1. The zero-order chi connectivity index (χ0) is 18.2. The highest BCUT2D eigenvalue weighted by molar-refractivity contribution is 6.39. The third kappa shape index (κ3) is 5.35. The van der Waals surface area contributed by atoms with Gasteiger partial charge in [-0.3, -0.25) is 9.59 Å². The van der Waals surface area contributed by atoms with Crippen LogP contribution in [0.3, 0.4) is 0 Å². The predicted octanol–water partition coefficient (Wildman–Crippen LogP) is 1.48. The number of ether oxygens (including phenoxy) is 1. The Hall–Kier alpha value is -3.35. The number of nitrogens with one attached hydrogen (secondary N) is 2. The lowest BCUT2D eigenvalue weighted by Crippen LogP contribution is -2.36. The average molecular weight is 342 g/mol. The molecule has 0 bridgehead atoms. The van der Waals surface area contributed by atoms with Crippen molar-refractivity contribution in [2.24, 2.45) is 0 Å². The number of phenolic OH excluding ortho intramolecular Hbond substituents is 1. The molecule has 130 valence electrons. The summed E-state index contributed by atoms with van der Waals surface area (Å²) in [6.07, 6.45) is 0.535. The summed E-state index contributed by atoms with van der Waals surface area (Å²) >= 11 is 0. The zero-order valence-corrected chi connectivity index (χ0v) is 13.6. The van der Waals surface area contributed by atoms with E-state index in [2.05, 4.69) is 15.4 Å². The molecule has 2 amide bonds. The first-order valence-electron chi connectivity index (χ1n) is 7.55. The summed E-state index contributed by atoms with van der Waals surface area (Å²) in [6.45, 7) is 0.290. The van der Waals surface area contributed by atoms with E-state index < -0.39 is 17.8 Å². The minimum absolute atomic E-state index is 0.172. The van der Waals surface area contributed by atoms with Crippen molar-refractivity contribution in [1.29, 1.82) is 0 Å². The van der Waals surface area contributed by atoms with Gasteiger partial charge < -0.3 is 20.5 Å². The van der Waals surface area contributed by atoms with Gasteiger partial charge in [-0.05, 0) is 48.4 Å². The van der Waals surface area contributed by atoms with E-state index in [4.69, 9.17) is 0 Å².